The van der Waals surface area contributed by atoms with E-state index in [1.165, 1.54) is 34.6 Å². The topological polar surface area (TPSA) is 36.1 Å². The maximum absolute atomic E-state index is 6.23. The van der Waals surface area contributed by atoms with Crippen LogP contribution in [0.4, 0.5) is 0 Å². The zero-order valence-corrected chi connectivity index (χ0v) is 27.0. The molecule has 3 nitrogen and oxygen atoms in total. The lowest BCUT2D eigenvalue weighted by Gasteiger charge is -2.43. The molecule has 5 atom stereocenters. The third-order valence-electron chi connectivity index (χ3n) is 9.70. The standard InChI is InChI=1S/C38H44N3PS/c1-28-25-26-34(36(28)42(32-20-11-5-12-21-32)33-22-13-6-14-23-33)29(2)40-37(43)41-38(35-24-15-27-39-35,30-16-7-3-8-17-30)31-18-9-4-10-19-31/h3-14,16-23,28-29,34-36,39H,15,24-27H2,1-2H3,(H2,40,41,43)/t28?,29-,34+,35?,36?/m1/s1. The summed E-state index contributed by atoms with van der Waals surface area (Å²) < 4.78 is 0. The van der Waals surface area contributed by atoms with E-state index >= 15 is 0 Å². The van der Waals surface area contributed by atoms with Crippen LogP contribution < -0.4 is 26.6 Å². The van der Waals surface area contributed by atoms with E-state index < -0.39 is 13.5 Å². The highest BCUT2D eigenvalue weighted by atomic mass is 32.1. The highest BCUT2D eigenvalue weighted by Gasteiger charge is 2.45. The Balaban J connectivity index is 1.30. The van der Waals surface area contributed by atoms with Gasteiger partial charge in [0.1, 0.15) is 5.54 Å². The molecule has 5 heteroatoms. The summed E-state index contributed by atoms with van der Waals surface area (Å²) in [4.78, 5) is 0. The lowest BCUT2D eigenvalue weighted by atomic mass is 9.76. The molecule has 6 rings (SSSR count). The molecule has 0 bridgehead atoms. The first-order chi connectivity index (χ1) is 21.1. The third-order valence-corrected chi connectivity index (χ3v) is 13.1. The summed E-state index contributed by atoms with van der Waals surface area (Å²) in [7, 11) is -0.508. The molecule has 1 heterocycles. The highest BCUT2D eigenvalue weighted by Crippen LogP contribution is 2.53. The first-order valence-electron chi connectivity index (χ1n) is 15.9. The zero-order valence-electron chi connectivity index (χ0n) is 25.3. The van der Waals surface area contributed by atoms with Crippen molar-refractivity contribution >= 4 is 35.9 Å². The predicted molar refractivity (Wildman–Crippen MR) is 188 cm³/mol. The van der Waals surface area contributed by atoms with Gasteiger partial charge in [-0.15, -0.1) is 0 Å². The van der Waals surface area contributed by atoms with Crippen LogP contribution in [0.1, 0.15) is 50.7 Å². The van der Waals surface area contributed by atoms with Crippen molar-refractivity contribution in [3.8, 4) is 0 Å². The largest absolute Gasteiger partial charge is 0.360 e. The second kappa shape index (κ2) is 13.7. The molecule has 222 valence electrons. The highest BCUT2D eigenvalue weighted by molar-refractivity contribution is 7.80. The number of nitrogens with one attached hydrogen (secondary N) is 3. The fourth-order valence-corrected chi connectivity index (χ4v) is 11.4. The van der Waals surface area contributed by atoms with Crippen molar-refractivity contribution in [2.45, 2.75) is 62.8 Å². The van der Waals surface area contributed by atoms with Gasteiger partial charge in [-0.2, -0.15) is 0 Å². The third kappa shape index (κ3) is 6.29. The van der Waals surface area contributed by atoms with Crippen LogP contribution in [0.15, 0.2) is 121 Å². The number of benzene rings is 4. The summed E-state index contributed by atoms with van der Waals surface area (Å²) in [5.41, 5.74) is 2.59. The minimum atomic E-state index is -0.508. The molecule has 2 aliphatic rings. The summed E-state index contributed by atoms with van der Waals surface area (Å²) in [6.45, 7) is 5.85. The van der Waals surface area contributed by atoms with Gasteiger partial charge in [-0.3, -0.25) is 0 Å². The Morgan fingerprint density at radius 2 is 1.28 bits per heavy atom. The van der Waals surface area contributed by atoms with Gasteiger partial charge in [0.25, 0.3) is 0 Å². The summed E-state index contributed by atoms with van der Waals surface area (Å²) in [5.74, 6) is 1.17. The second-order valence-corrected chi connectivity index (χ2v) is 15.1. The van der Waals surface area contributed by atoms with E-state index in [2.05, 4.69) is 151 Å². The minimum absolute atomic E-state index is 0.232. The van der Waals surface area contributed by atoms with Crippen molar-refractivity contribution in [3.05, 3.63) is 132 Å². The van der Waals surface area contributed by atoms with Gasteiger partial charge in [0.15, 0.2) is 5.11 Å². The molecule has 0 aromatic heterocycles. The zero-order chi connectivity index (χ0) is 29.6. The average Bonchev–Trinajstić information content (AvgIpc) is 3.73. The molecule has 4 aromatic rings. The lowest BCUT2D eigenvalue weighted by Crippen LogP contribution is -2.61. The van der Waals surface area contributed by atoms with Crippen LogP contribution in [0.3, 0.4) is 0 Å². The van der Waals surface area contributed by atoms with E-state index in [4.69, 9.17) is 12.2 Å². The number of thiocarbonyl (C=S) groups is 1. The minimum Gasteiger partial charge on any atom is -0.360 e. The first kappa shape index (κ1) is 30.0. The van der Waals surface area contributed by atoms with Crippen LogP contribution in [0.25, 0.3) is 0 Å². The van der Waals surface area contributed by atoms with Crippen LogP contribution in [-0.4, -0.2) is 29.4 Å². The fourth-order valence-electron chi connectivity index (χ4n) is 7.67. The average molecular weight is 606 g/mol. The van der Waals surface area contributed by atoms with Gasteiger partial charge >= 0.3 is 0 Å². The number of hydrogen-bond donors (Lipinski definition) is 3. The summed E-state index contributed by atoms with van der Waals surface area (Å²) in [6.07, 6.45) is 4.72. The molecular weight excluding hydrogens is 561 g/mol. The molecule has 4 aromatic carbocycles. The van der Waals surface area contributed by atoms with Crippen molar-refractivity contribution in [1.82, 2.24) is 16.0 Å². The van der Waals surface area contributed by atoms with Gasteiger partial charge in [0.05, 0.1) is 0 Å². The molecule has 1 saturated heterocycles. The lowest BCUT2D eigenvalue weighted by molar-refractivity contribution is 0.342. The van der Waals surface area contributed by atoms with Crippen molar-refractivity contribution < 1.29 is 0 Å². The summed E-state index contributed by atoms with van der Waals surface area (Å²) in [6, 6.07) is 44.6. The maximum atomic E-state index is 6.23. The molecule has 3 unspecified atom stereocenters. The van der Waals surface area contributed by atoms with E-state index in [9.17, 15) is 0 Å². The molecule has 1 aliphatic heterocycles. The number of hydrogen-bond acceptors (Lipinski definition) is 2. The Labute approximate surface area is 264 Å². The SMILES string of the molecule is CC1CC[C@@H]([C@@H](C)NC(=S)NC(c2ccccc2)(c2ccccc2)C2CCCN2)C1P(c1ccccc1)c1ccccc1. The summed E-state index contributed by atoms with van der Waals surface area (Å²) >= 11 is 6.23. The second-order valence-electron chi connectivity index (χ2n) is 12.3. The molecule has 43 heavy (non-hydrogen) atoms. The van der Waals surface area contributed by atoms with Crippen molar-refractivity contribution in [3.63, 3.8) is 0 Å². The van der Waals surface area contributed by atoms with Gasteiger partial charge in [-0.25, -0.2) is 0 Å². The van der Waals surface area contributed by atoms with Gasteiger partial charge in [0, 0.05) is 12.1 Å². The van der Waals surface area contributed by atoms with Crippen LogP contribution in [0, 0.1) is 11.8 Å². The fraction of sp³-hybridized carbons (Fsp3) is 0.342. The smallest absolute Gasteiger partial charge is 0.167 e. The van der Waals surface area contributed by atoms with E-state index in [0.29, 0.717) is 17.5 Å². The van der Waals surface area contributed by atoms with Crippen LogP contribution in [0.2, 0.25) is 0 Å². The molecule has 3 N–H and O–H groups in total. The maximum Gasteiger partial charge on any atom is 0.167 e. The van der Waals surface area contributed by atoms with Crippen LogP contribution in [0.5, 0.6) is 0 Å². The predicted octanol–water partition coefficient (Wildman–Crippen LogP) is 7.08. The van der Waals surface area contributed by atoms with Gasteiger partial charge in [0.2, 0.25) is 0 Å². The Morgan fingerprint density at radius 3 is 1.77 bits per heavy atom. The van der Waals surface area contributed by atoms with Gasteiger partial charge in [-0.1, -0.05) is 128 Å². The summed E-state index contributed by atoms with van der Waals surface area (Å²) in [5, 5.41) is 15.3. The molecular formula is C38H44N3PS. The Hall–Kier alpha value is -3.04. The molecule has 1 aliphatic carbocycles. The molecule has 1 saturated carbocycles. The molecule has 2 fully saturated rings. The molecule has 0 amide bonds. The van der Waals surface area contributed by atoms with E-state index in [1.807, 2.05) is 0 Å². The Bertz CT molecular complexity index is 1370. The van der Waals surface area contributed by atoms with E-state index in [-0.39, 0.29) is 12.1 Å². The van der Waals surface area contributed by atoms with Crippen molar-refractivity contribution in [2.75, 3.05) is 6.54 Å². The molecule has 0 radical (unpaired) electrons. The van der Waals surface area contributed by atoms with E-state index in [1.54, 1.807) is 0 Å². The first-order valence-corrected chi connectivity index (χ1v) is 17.7. The van der Waals surface area contributed by atoms with E-state index in [0.717, 1.165) is 24.5 Å². The number of rotatable bonds is 9. The van der Waals surface area contributed by atoms with Crippen molar-refractivity contribution in [1.29, 1.82) is 0 Å². The Morgan fingerprint density at radius 1 is 0.767 bits per heavy atom. The Kier molecular flexibility index (Phi) is 9.58. The van der Waals surface area contributed by atoms with Gasteiger partial charge < -0.3 is 16.0 Å². The quantitative estimate of drug-likeness (QED) is 0.141. The van der Waals surface area contributed by atoms with Gasteiger partial charge in [-0.05, 0) is 98.5 Å². The monoisotopic (exact) mass is 605 g/mol. The van der Waals surface area contributed by atoms with Crippen molar-refractivity contribution in [2.24, 2.45) is 11.8 Å². The van der Waals surface area contributed by atoms with Crippen LogP contribution >= 0.6 is 20.1 Å². The molecule has 0 spiro atoms. The normalized spacial score (nSPS) is 22.8. The van der Waals surface area contributed by atoms with Crippen LogP contribution in [-0.2, 0) is 5.54 Å².